The smallest absolute Gasteiger partial charge is 0.0474 e. The lowest BCUT2D eigenvalue weighted by Crippen LogP contribution is -2.51. The Morgan fingerprint density at radius 2 is 1.79 bits per heavy atom. The van der Waals surface area contributed by atoms with Gasteiger partial charge >= 0.3 is 0 Å². The molecular weight excluding hydrogens is 236 g/mol. The summed E-state index contributed by atoms with van der Waals surface area (Å²) in [5, 5.41) is 13.3. The van der Waals surface area contributed by atoms with Crippen LogP contribution >= 0.6 is 0 Å². The van der Waals surface area contributed by atoms with Gasteiger partial charge in [-0.2, -0.15) is 0 Å². The lowest BCUT2D eigenvalue weighted by molar-refractivity contribution is 0.130. The molecule has 0 radical (unpaired) electrons. The summed E-state index contributed by atoms with van der Waals surface area (Å²) in [4.78, 5) is 0. The summed E-state index contributed by atoms with van der Waals surface area (Å²) in [6.07, 6.45) is 10.3. The van der Waals surface area contributed by atoms with E-state index in [2.05, 4.69) is 12.2 Å². The number of aliphatic hydroxyl groups excluding tert-OH is 1. The summed E-state index contributed by atoms with van der Waals surface area (Å²) in [6, 6.07) is 0.955. The topological polar surface area (TPSA) is 58.3 Å². The van der Waals surface area contributed by atoms with Crippen molar-refractivity contribution in [2.24, 2.45) is 23.5 Å². The molecule has 112 valence electrons. The molecule has 2 saturated carbocycles. The van der Waals surface area contributed by atoms with Crippen molar-refractivity contribution in [1.82, 2.24) is 5.32 Å². The molecule has 0 heterocycles. The zero-order valence-electron chi connectivity index (χ0n) is 12.5. The lowest BCUT2D eigenvalue weighted by Gasteiger charge is -2.38. The van der Waals surface area contributed by atoms with Gasteiger partial charge in [0.25, 0.3) is 0 Å². The predicted octanol–water partition coefficient (Wildman–Crippen LogP) is 2.28. The summed E-state index contributed by atoms with van der Waals surface area (Å²) in [7, 11) is 0. The summed E-state index contributed by atoms with van der Waals surface area (Å²) in [5.74, 6) is 2.10. The van der Waals surface area contributed by atoms with Crippen LogP contribution < -0.4 is 11.1 Å². The molecule has 0 bridgehead atoms. The minimum absolute atomic E-state index is 0.330. The molecule has 2 rings (SSSR count). The van der Waals surface area contributed by atoms with Crippen molar-refractivity contribution < 1.29 is 5.11 Å². The van der Waals surface area contributed by atoms with Crippen LogP contribution in [-0.2, 0) is 0 Å². The molecule has 0 spiro atoms. The Balaban J connectivity index is 1.86. The van der Waals surface area contributed by atoms with Crippen molar-refractivity contribution in [3.05, 3.63) is 0 Å². The van der Waals surface area contributed by atoms with Gasteiger partial charge in [0.15, 0.2) is 0 Å². The van der Waals surface area contributed by atoms with Crippen LogP contribution in [0.4, 0.5) is 0 Å². The van der Waals surface area contributed by atoms with Crippen LogP contribution in [0.15, 0.2) is 0 Å². The van der Waals surface area contributed by atoms with Gasteiger partial charge in [0.1, 0.15) is 0 Å². The molecule has 3 unspecified atom stereocenters. The second kappa shape index (κ2) is 7.61. The fourth-order valence-electron chi connectivity index (χ4n) is 4.01. The van der Waals surface area contributed by atoms with E-state index in [0.717, 1.165) is 18.4 Å². The van der Waals surface area contributed by atoms with Gasteiger partial charge in [-0.05, 0) is 43.4 Å². The van der Waals surface area contributed by atoms with Gasteiger partial charge in [-0.15, -0.1) is 0 Å². The Kier molecular flexibility index (Phi) is 6.11. The molecule has 0 saturated heterocycles. The number of nitrogens with one attached hydrogen (secondary N) is 1. The average Bonchev–Trinajstić information content (AvgIpc) is 2.46. The molecule has 4 N–H and O–H groups in total. The third-order valence-corrected chi connectivity index (χ3v) is 5.46. The van der Waals surface area contributed by atoms with Crippen molar-refractivity contribution >= 4 is 0 Å². The Bertz CT molecular complexity index is 251. The summed E-state index contributed by atoms with van der Waals surface area (Å²) >= 11 is 0. The van der Waals surface area contributed by atoms with Crippen LogP contribution in [0.5, 0.6) is 0 Å². The third kappa shape index (κ3) is 4.17. The second-order valence-electron chi connectivity index (χ2n) is 6.86. The quantitative estimate of drug-likeness (QED) is 0.717. The van der Waals surface area contributed by atoms with Gasteiger partial charge < -0.3 is 16.2 Å². The Hall–Kier alpha value is -0.120. The molecule has 2 aliphatic rings. The molecule has 0 aromatic heterocycles. The van der Waals surface area contributed by atoms with Crippen molar-refractivity contribution in [1.29, 1.82) is 0 Å². The Morgan fingerprint density at radius 3 is 2.42 bits per heavy atom. The molecule has 2 aliphatic carbocycles. The number of nitrogens with two attached hydrogens (primary N) is 1. The number of hydrogen-bond acceptors (Lipinski definition) is 3. The van der Waals surface area contributed by atoms with Gasteiger partial charge in [0.05, 0.1) is 0 Å². The van der Waals surface area contributed by atoms with Crippen LogP contribution in [0.1, 0.15) is 58.3 Å². The Morgan fingerprint density at radius 1 is 1.11 bits per heavy atom. The van der Waals surface area contributed by atoms with Crippen LogP contribution in [0.3, 0.4) is 0 Å². The second-order valence-corrected chi connectivity index (χ2v) is 6.86. The zero-order chi connectivity index (χ0) is 13.7. The van der Waals surface area contributed by atoms with E-state index >= 15 is 0 Å². The molecule has 19 heavy (non-hydrogen) atoms. The standard InChI is InChI=1S/C16H32N2O/c1-12-6-8-13(9-7-12)16(10-17)18-15-5-3-2-4-14(15)11-19/h12-16,18-19H,2-11,17H2,1H3. The van der Waals surface area contributed by atoms with E-state index in [4.69, 9.17) is 5.73 Å². The monoisotopic (exact) mass is 268 g/mol. The van der Waals surface area contributed by atoms with Gasteiger partial charge in [-0.3, -0.25) is 0 Å². The fraction of sp³-hybridized carbons (Fsp3) is 1.00. The minimum Gasteiger partial charge on any atom is -0.396 e. The highest BCUT2D eigenvalue weighted by atomic mass is 16.3. The highest BCUT2D eigenvalue weighted by Crippen LogP contribution is 2.32. The highest BCUT2D eigenvalue weighted by molar-refractivity contribution is 4.88. The van der Waals surface area contributed by atoms with E-state index in [0.29, 0.717) is 24.6 Å². The first kappa shape index (κ1) is 15.3. The SMILES string of the molecule is CC1CCC(C(CN)NC2CCCCC2CO)CC1. The van der Waals surface area contributed by atoms with Crippen LogP contribution in [0.2, 0.25) is 0 Å². The largest absolute Gasteiger partial charge is 0.396 e. The lowest BCUT2D eigenvalue weighted by atomic mass is 9.78. The number of hydrogen-bond donors (Lipinski definition) is 3. The molecule has 0 aliphatic heterocycles. The molecular formula is C16H32N2O. The molecule has 3 nitrogen and oxygen atoms in total. The Labute approximate surface area is 118 Å². The first-order valence-electron chi connectivity index (χ1n) is 8.31. The first-order chi connectivity index (χ1) is 9.24. The van der Waals surface area contributed by atoms with Gasteiger partial charge in [0, 0.05) is 25.2 Å². The van der Waals surface area contributed by atoms with Gasteiger partial charge in [-0.25, -0.2) is 0 Å². The van der Waals surface area contributed by atoms with E-state index in [1.807, 2.05) is 0 Å². The van der Waals surface area contributed by atoms with E-state index in [9.17, 15) is 5.11 Å². The summed E-state index contributed by atoms with van der Waals surface area (Å²) in [5.41, 5.74) is 6.02. The maximum absolute atomic E-state index is 9.52. The molecule has 0 aromatic carbocycles. The zero-order valence-corrected chi connectivity index (χ0v) is 12.5. The maximum Gasteiger partial charge on any atom is 0.0474 e. The van der Waals surface area contributed by atoms with Crippen molar-refractivity contribution in [2.45, 2.75) is 70.4 Å². The maximum atomic E-state index is 9.52. The third-order valence-electron chi connectivity index (χ3n) is 5.46. The van der Waals surface area contributed by atoms with Gasteiger partial charge in [0.2, 0.25) is 0 Å². The first-order valence-corrected chi connectivity index (χ1v) is 8.31. The van der Waals surface area contributed by atoms with Crippen LogP contribution in [0.25, 0.3) is 0 Å². The van der Waals surface area contributed by atoms with E-state index < -0.39 is 0 Å². The average molecular weight is 268 g/mol. The van der Waals surface area contributed by atoms with Crippen molar-refractivity contribution in [3.63, 3.8) is 0 Å². The molecule has 2 fully saturated rings. The molecule has 3 heteroatoms. The van der Waals surface area contributed by atoms with Crippen molar-refractivity contribution in [2.75, 3.05) is 13.2 Å². The number of rotatable bonds is 5. The fourth-order valence-corrected chi connectivity index (χ4v) is 4.01. The van der Waals surface area contributed by atoms with E-state index in [1.54, 1.807) is 0 Å². The normalized spacial score (nSPS) is 38.1. The van der Waals surface area contributed by atoms with Crippen molar-refractivity contribution in [3.8, 4) is 0 Å². The van der Waals surface area contributed by atoms with Crippen LogP contribution in [0, 0.1) is 17.8 Å². The predicted molar refractivity (Wildman–Crippen MR) is 79.9 cm³/mol. The molecule has 0 amide bonds. The van der Waals surface area contributed by atoms with Crippen LogP contribution in [-0.4, -0.2) is 30.3 Å². The van der Waals surface area contributed by atoms with Gasteiger partial charge in [-0.1, -0.05) is 32.6 Å². The summed E-state index contributed by atoms with van der Waals surface area (Å²) < 4.78 is 0. The van der Waals surface area contributed by atoms with E-state index in [1.165, 1.54) is 51.4 Å². The molecule has 0 aromatic rings. The highest BCUT2D eigenvalue weighted by Gasteiger charge is 2.30. The number of aliphatic hydroxyl groups is 1. The minimum atomic E-state index is 0.330. The van der Waals surface area contributed by atoms with E-state index in [-0.39, 0.29) is 0 Å². The molecule has 3 atom stereocenters. The summed E-state index contributed by atoms with van der Waals surface area (Å²) in [6.45, 7) is 3.44.